The predicted molar refractivity (Wildman–Crippen MR) is 72.2 cm³/mol. The lowest BCUT2D eigenvalue weighted by atomic mass is 9.81. The van der Waals surface area contributed by atoms with Crippen molar-refractivity contribution in [3.8, 4) is 0 Å². The molecule has 0 aromatic heterocycles. The van der Waals surface area contributed by atoms with Crippen molar-refractivity contribution < 1.29 is 9.53 Å². The number of esters is 1. The van der Waals surface area contributed by atoms with Gasteiger partial charge in [-0.3, -0.25) is 4.79 Å². The van der Waals surface area contributed by atoms with Gasteiger partial charge in [0.05, 0.1) is 23.1 Å². The van der Waals surface area contributed by atoms with Crippen molar-refractivity contribution in [1.82, 2.24) is 5.32 Å². The van der Waals surface area contributed by atoms with Gasteiger partial charge < -0.3 is 10.1 Å². The molecular formula is C13H15Cl2NO2. The minimum atomic E-state index is -0.160. The fourth-order valence-corrected chi connectivity index (χ4v) is 2.69. The molecule has 0 unspecified atom stereocenters. The predicted octanol–water partition coefficient (Wildman–Crippen LogP) is 2.86. The van der Waals surface area contributed by atoms with Gasteiger partial charge in [-0.05, 0) is 30.7 Å². The summed E-state index contributed by atoms with van der Waals surface area (Å²) < 4.78 is 4.87. The first kappa shape index (κ1) is 13.7. The van der Waals surface area contributed by atoms with Gasteiger partial charge in [0.25, 0.3) is 0 Å². The fourth-order valence-electron chi connectivity index (χ4n) is 2.39. The van der Waals surface area contributed by atoms with Crippen LogP contribution in [0.5, 0.6) is 0 Å². The zero-order chi connectivity index (χ0) is 13.1. The quantitative estimate of drug-likeness (QED) is 0.850. The van der Waals surface area contributed by atoms with E-state index in [0.717, 1.165) is 25.1 Å². The molecule has 1 saturated heterocycles. The Morgan fingerprint density at radius 3 is 2.83 bits per heavy atom. The number of hydrogen-bond donors (Lipinski definition) is 1. The fraction of sp³-hybridized carbons (Fsp3) is 0.462. The van der Waals surface area contributed by atoms with Crippen molar-refractivity contribution in [2.24, 2.45) is 5.92 Å². The number of piperidine rings is 1. The normalized spacial score (nSPS) is 23.7. The Morgan fingerprint density at radius 2 is 2.17 bits per heavy atom. The van der Waals surface area contributed by atoms with Crippen molar-refractivity contribution in [2.45, 2.75) is 12.3 Å². The minimum Gasteiger partial charge on any atom is -0.469 e. The van der Waals surface area contributed by atoms with Crippen LogP contribution >= 0.6 is 23.2 Å². The number of methoxy groups -OCH3 is 1. The Kier molecular flexibility index (Phi) is 4.49. The Labute approximate surface area is 116 Å². The highest BCUT2D eigenvalue weighted by Crippen LogP contribution is 2.33. The molecule has 1 aliphatic rings. The zero-order valence-corrected chi connectivity index (χ0v) is 11.6. The summed E-state index contributed by atoms with van der Waals surface area (Å²) in [7, 11) is 1.43. The van der Waals surface area contributed by atoms with E-state index in [-0.39, 0.29) is 17.8 Å². The number of nitrogens with one attached hydrogen (secondary N) is 1. The van der Waals surface area contributed by atoms with Crippen molar-refractivity contribution in [2.75, 3.05) is 20.2 Å². The van der Waals surface area contributed by atoms with Gasteiger partial charge >= 0.3 is 5.97 Å². The SMILES string of the molecule is COC(=O)[C@H]1CCNC[C@H]1c1ccc(Cl)c(Cl)c1. The Hall–Kier alpha value is -0.770. The molecule has 5 heteroatoms. The van der Waals surface area contributed by atoms with E-state index in [1.54, 1.807) is 6.07 Å². The van der Waals surface area contributed by atoms with E-state index in [9.17, 15) is 4.79 Å². The average molecular weight is 288 g/mol. The van der Waals surface area contributed by atoms with Gasteiger partial charge in [-0.1, -0.05) is 29.3 Å². The first-order valence-electron chi connectivity index (χ1n) is 5.87. The van der Waals surface area contributed by atoms with Crippen LogP contribution in [0.3, 0.4) is 0 Å². The monoisotopic (exact) mass is 287 g/mol. The van der Waals surface area contributed by atoms with Crippen LogP contribution in [0.4, 0.5) is 0 Å². The number of halogens is 2. The number of benzene rings is 1. The summed E-state index contributed by atoms with van der Waals surface area (Å²) in [5.41, 5.74) is 1.02. The molecule has 0 amide bonds. The third kappa shape index (κ3) is 2.79. The molecule has 98 valence electrons. The third-order valence-electron chi connectivity index (χ3n) is 3.36. The number of ether oxygens (including phenoxy) is 1. The Bertz CT molecular complexity index is 451. The molecule has 1 heterocycles. The van der Waals surface area contributed by atoms with Gasteiger partial charge in [-0.25, -0.2) is 0 Å². The topological polar surface area (TPSA) is 38.3 Å². The van der Waals surface area contributed by atoms with E-state index in [4.69, 9.17) is 27.9 Å². The number of rotatable bonds is 2. The number of carbonyl (C=O) groups excluding carboxylic acids is 1. The van der Waals surface area contributed by atoms with Crippen LogP contribution < -0.4 is 5.32 Å². The summed E-state index contributed by atoms with van der Waals surface area (Å²) in [5, 5.41) is 4.34. The summed E-state index contributed by atoms with van der Waals surface area (Å²) in [6.45, 7) is 1.58. The van der Waals surface area contributed by atoms with Gasteiger partial charge in [-0.15, -0.1) is 0 Å². The van der Waals surface area contributed by atoms with Gasteiger partial charge in [0.1, 0.15) is 0 Å². The van der Waals surface area contributed by atoms with Gasteiger partial charge in [0.15, 0.2) is 0 Å². The van der Waals surface area contributed by atoms with Crippen molar-refractivity contribution in [3.63, 3.8) is 0 Å². The summed E-state index contributed by atoms with van der Waals surface area (Å²) in [4.78, 5) is 11.8. The second-order valence-electron chi connectivity index (χ2n) is 4.40. The first-order valence-corrected chi connectivity index (χ1v) is 6.62. The molecule has 0 radical (unpaired) electrons. The Morgan fingerprint density at radius 1 is 1.39 bits per heavy atom. The number of carbonyl (C=O) groups is 1. The minimum absolute atomic E-state index is 0.0842. The molecule has 0 bridgehead atoms. The molecule has 2 rings (SSSR count). The molecule has 1 aromatic rings. The summed E-state index contributed by atoms with van der Waals surface area (Å²) >= 11 is 11.9. The van der Waals surface area contributed by atoms with E-state index in [1.807, 2.05) is 12.1 Å². The van der Waals surface area contributed by atoms with Crippen LogP contribution in [0.15, 0.2) is 18.2 Å². The summed E-state index contributed by atoms with van der Waals surface area (Å²) in [6, 6.07) is 5.52. The van der Waals surface area contributed by atoms with E-state index in [1.165, 1.54) is 7.11 Å². The molecule has 1 N–H and O–H groups in total. The molecule has 1 aromatic carbocycles. The maximum Gasteiger partial charge on any atom is 0.309 e. The van der Waals surface area contributed by atoms with Gasteiger partial charge in [0.2, 0.25) is 0 Å². The van der Waals surface area contributed by atoms with Gasteiger partial charge in [0, 0.05) is 12.5 Å². The highest BCUT2D eigenvalue weighted by atomic mass is 35.5. The standard InChI is InChI=1S/C13H15Cl2NO2/c1-18-13(17)9-4-5-16-7-10(9)8-2-3-11(14)12(15)6-8/h2-3,6,9-10,16H,4-5,7H2,1H3/t9-,10-/m0/s1. The van der Waals surface area contributed by atoms with Crippen LogP contribution in [0.25, 0.3) is 0 Å². The smallest absolute Gasteiger partial charge is 0.309 e. The van der Waals surface area contributed by atoms with Crippen molar-refractivity contribution >= 4 is 29.2 Å². The Balaban J connectivity index is 2.27. The molecule has 0 saturated carbocycles. The molecular weight excluding hydrogens is 273 g/mol. The average Bonchev–Trinajstić information content (AvgIpc) is 2.41. The molecule has 1 fully saturated rings. The van der Waals surface area contributed by atoms with Crippen LogP contribution in [0.2, 0.25) is 10.0 Å². The van der Waals surface area contributed by atoms with Crippen molar-refractivity contribution in [3.05, 3.63) is 33.8 Å². The first-order chi connectivity index (χ1) is 8.63. The van der Waals surface area contributed by atoms with E-state index < -0.39 is 0 Å². The van der Waals surface area contributed by atoms with Crippen LogP contribution in [-0.2, 0) is 9.53 Å². The lowest BCUT2D eigenvalue weighted by molar-refractivity contribution is -0.147. The molecule has 3 nitrogen and oxygen atoms in total. The van der Waals surface area contributed by atoms with Crippen molar-refractivity contribution in [1.29, 1.82) is 0 Å². The van der Waals surface area contributed by atoms with E-state index >= 15 is 0 Å². The highest BCUT2D eigenvalue weighted by molar-refractivity contribution is 6.42. The lowest BCUT2D eigenvalue weighted by Crippen LogP contribution is -2.39. The molecule has 0 spiro atoms. The van der Waals surface area contributed by atoms with Crippen LogP contribution in [-0.4, -0.2) is 26.2 Å². The van der Waals surface area contributed by atoms with E-state index in [2.05, 4.69) is 5.32 Å². The molecule has 1 aliphatic heterocycles. The van der Waals surface area contributed by atoms with Crippen LogP contribution in [0.1, 0.15) is 17.9 Å². The highest BCUT2D eigenvalue weighted by Gasteiger charge is 2.32. The largest absolute Gasteiger partial charge is 0.469 e. The second kappa shape index (κ2) is 5.91. The van der Waals surface area contributed by atoms with Crippen LogP contribution in [0, 0.1) is 5.92 Å². The molecule has 2 atom stereocenters. The number of hydrogen-bond acceptors (Lipinski definition) is 3. The molecule has 18 heavy (non-hydrogen) atoms. The summed E-state index contributed by atoms with van der Waals surface area (Å²) in [5.74, 6) is -0.193. The second-order valence-corrected chi connectivity index (χ2v) is 5.22. The summed E-state index contributed by atoms with van der Waals surface area (Å²) in [6.07, 6.45) is 0.775. The molecule has 0 aliphatic carbocycles. The zero-order valence-electron chi connectivity index (χ0n) is 10.1. The van der Waals surface area contributed by atoms with Gasteiger partial charge in [-0.2, -0.15) is 0 Å². The maximum atomic E-state index is 11.8. The lowest BCUT2D eigenvalue weighted by Gasteiger charge is -2.30. The maximum absolute atomic E-state index is 11.8. The third-order valence-corrected chi connectivity index (χ3v) is 4.10. The van der Waals surface area contributed by atoms with E-state index in [0.29, 0.717) is 10.0 Å².